The molecule has 1 heterocycles. The highest BCUT2D eigenvalue weighted by Gasteiger charge is 2.09. The van der Waals surface area contributed by atoms with Crippen molar-refractivity contribution in [3.63, 3.8) is 0 Å². The van der Waals surface area contributed by atoms with Crippen LogP contribution in [0.5, 0.6) is 0 Å². The molecule has 0 radical (unpaired) electrons. The topological polar surface area (TPSA) is 12.9 Å². The Bertz CT molecular complexity index is 754. The number of nitrogens with zero attached hydrogens (tertiary/aromatic N) is 1. The van der Waals surface area contributed by atoms with E-state index < -0.39 is 0 Å². The van der Waals surface area contributed by atoms with Crippen molar-refractivity contribution in [2.75, 3.05) is 0 Å². The van der Waals surface area contributed by atoms with Gasteiger partial charge in [0.2, 0.25) is 0 Å². The molecule has 94 valence electrons. The van der Waals surface area contributed by atoms with Gasteiger partial charge in [0.1, 0.15) is 0 Å². The standard InChI is InChI=1S/C15H8Cl3N/c16-11-7-14(9-4-2-1-3-5-9)19-15-8-13(18)12(17)6-10(11)15/h1-8H. The molecule has 0 N–H and O–H groups in total. The van der Waals surface area contributed by atoms with Crippen molar-refractivity contribution < 1.29 is 0 Å². The van der Waals surface area contributed by atoms with Crippen LogP contribution in [0.3, 0.4) is 0 Å². The maximum Gasteiger partial charge on any atom is 0.0740 e. The number of aromatic nitrogens is 1. The minimum Gasteiger partial charge on any atom is -0.248 e. The molecule has 0 fully saturated rings. The molecule has 0 bridgehead atoms. The highest BCUT2D eigenvalue weighted by Crippen LogP contribution is 2.33. The van der Waals surface area contributed by atoms with Gasteiger partial charge in [0.15, 0.2) is 0 Å². The first kappa shape index (κ1) is 12.7. The number of benzene rings is 2. The Morgan fingerprint density at radius 2 is 1.42 bits per heavy atom. The van der Waals surface area contributed by atoms with Crippen LogP contribution in [0, 0.1) is 0 Å². The molecule has 0 saturated carbocycles. The van der Waals surface area contributed by atoms with Gasteiger partial charge in [-0.25, -0.2) is 4.98 Å². The van der Waals surface area contributed by atoms with Crippen LogP contribution in [0.25, 0.3) is 22.2 Å². The minimum atomic E-state index is 0.475. The molecule has 3 rings (SSSR count). The van der Waals surface area contributed by atoms with Gasteiger partial charge in [0, 0.05) is 10.9 Å². The van der Waals surface area contributed by atoms with E-state index in [0.29, 0.717) is 15.1 Å². The van der Waals surface area contributed by atoms with Crippen molar-refractivity contribution in [3.05, 3.63) is 63.6 Å². The molecular weight excluding hydrogens is 301 g/mol. The fourth-order valence-electron chi connectivity index (χ4n) is 1.94. The second-order valence-corrected chi connectivity index (χ2v) is 5.36. The SMILES string of the molecule is Clc1cc2nc(-c3ccccc3)cc(Cl)c2cc1Cl. The summed E-state index contributed by atoms with van der Waals surface area (Å²) in [6.45, 7) is 0. The zero-order valence-corrected chi connectivity index (χ0v) is 12.0. The Hall–Kier alpha value is -1.28. The van der Waals surface area contributed by atoms with E-state index in [0.717, 1.165) is 22.2 Å². The number of pyridine rings is 1. The number of fused-ring (bicyclic) bond motifs is 1. The third-order valence-corrected chi connectivity index (χ3v) is 3.90. The van der Waals surface area contributed by atoms with E-state index in [2.05, 4.69) is 4.98 Å². The van der Waals surface area contributed by atoms with E-state index in [1.54, 1.807) is 12.1 Å². The fourth-order valence-corrected chi connectivity index (χ4v) is 2.51. The van der Waals surface area contributed by atoms with E-state index >= 15 is 0 Å². The number of hydrogen-bond donors (Lipinski definition) is 0. The van der Waals surface area contributed by atoms with Crippen LogP contribution in [0.4, 0.5) is 0 Å². The summed E-state index contributed by atoms with van der Waals surface area (Å²) in [4.78, 5) is 4.58. The molecule has 0 aliphatic rings. The van der Waals surface area contributed by atoms with Crippen LogP contribution < -0.4 is 0 Å². The monoisotopic (exact) mass is 307 g/mol. The Balaban J connectivity index is 2.28. The lowest BCUT2D eigenvalue weighted by molar-refractivity contribution is 1.40. The van der Waals surface area contributed by atoms with Crippen molar-refractivity contribution in [1.29, 1.82) is 0 Å². The molecule has 1 nitrogen and oxygen atoms in total. The Morgan fingerprint density at radius 3 is 2.16 bits per heavy atom. The Kier molecular flexibility index (Phi) is 3.36. The highest BCUT2D eigenvalue weighted by atomic mass is 35.5. The maximum atomic E-state index is 6.29. The molecule has 19 heavy (non-hydrogen) atoms. The van der Waals surface area contributed by atoms with Crippen LogP contribution in [0.2, 0.25) is 15.1 Å². The van der Waals surface area contributed by atoms with E-state index in [9.17, 15) is 0 Å². The lowest BCUT2D eigenvalue weighted by Gasteiger charge is -2.07. The van der Waals surface area contributed by atoms with E-state index in [1.165, 1.54) is 0 Å². The Labute approximate surface area is 125 Å². The highest BCUT2D eigenvalue weighted by molar-refractivity contribution is 6.43. The van der Waals surface area contributed by atoms with Crippen LogP contribution in [-0.4, -0.2) is 4.98 Å². The zero-order valence-electron chi connectivity index (χ0n) is 9.70. The summed E-state index contributed by atoms with van der Waals surface area (Å²) >= 11 is 18.3. The van der Waals surface area contributed by atoms with Crippen molar-refractivity contribution in [1.82, 2.24) is 4.98 Å². The average Bonchev–Trinajstić information content (AvgIpc) is 2.42. The summed E-state index contributed by atoms with van der Waals surface area (Å²) in [6.07, 6.45) is 0. The van der Waals surface area contributed by atoms with Crippen molar-refractivity contribution >= 4 is 45.7 Å². The molecule has 0 aliphatic heterocycles. The molecule has 1 aromatic heterocycles. The second kappa shape index (κ2) is 5.01. The molecule has 0 unspecified atom stereocenters. The average molecular weight is 309 g/mol. The van der Waals surface area contributed by atoms with Crippen molar-refractivity contribution in [3.8, 4) is 11.3 Å². The molecule has 0 saturated heterocycles. The van der Waals surface area contributed by atoms with Gasteiger partial charge < -0.3 is 0 Å². The zero-order chi connectivity index (χ0) is 13.4. The first-order valence-electron chi connectivity index (χ1n) is 5.66. The molecule has 3 aromatic rings. The Morgan fingerprint density at radius 1 is 0.737 bits per heavy atom. The van der Waals surface area contributed by atoms with Gasteiger partial charge >= 0.3 is 0 Å². The molecule has 0 atom stereocenters. The van der Waals surface area contributed by atoms with Gasteiger partial charge in [-0.3, -0.25) is 0 Å². The number of hydrogen-bond acceptors (Lipinski definition) is 1. The summed E-state index contributed by atoms with van der Waals surface area (Å²) in [5.41, 5.74) is 2.56. The first-order chi connectivity index (χ1) is 9.15. The van der Waals surface area contributed by atoms with E-state index in [4.69, 9.17) is 34.8 Å². The molecular formula is C15H8Cl3N. The predicted octanol–water partition coefficient (Wildman–Crippen LogP) is 5.86. The van der Waals surface area contributed by atoms with E-state index in [1.807, 2.05) is 36.4 Å². The normalized spacial score (nSPS) is 10.9. The molecule has 2 aromatic carbocycles. The third kappa shape index (κ3) is 2.42. The summed E-state index contributed by atoms with van der Waals surface area (Å²) < 4.78 is 0. The van der Waals surface area contributed by atoms with Crippen LogP contribution in [0.15, 0.2) is 48.5 Å². The van der Waals surface area contributed by atoms with Gasteiger partial charge in [0.25, 0.3) is 0 Å². The predicted molar refractivity (Wildman–Crippen MR) is 82.2 cm³/mol. The maximum absolute atomic E-state index is 6.29. The van der Waals surface area contributed by atoms with Gasteiger partial charge in [-0.15, -0.1) is 0 Å². The fraction of sp³-hybridized carbons (Fsp3) is 0. The van der Waals surface area contributed by atoms with Crippen molar-refractivity contribution in [2.24, 2.45) is 0 Å². The summed E-state index contributed by atoms with van der Waals surface area (Å²) in [6, 6.07) is 15.2. The lowest BCUT2D eigenvalue weighted by atomic mass is 10.1. The molecule has 0 aliphatic carbocycles. The van der Waals surface area contributed by atoms with Gasteiger partial charge in [-0.1, -0.05) is 65.1 Å². The lowest BCUT2D eigenvalue weighted by Crippen LogP contribution is -1.87. The summed E-state index contributed by atoms with van der Waals surface area (Å²) in [5.74, 6) is 0. The van der Waals surface area contributed by atoms with Gasteiger partial charge in [0.05, 0.1) is 26.3 Å². The van der Waals surface area contributed by atoms with E-state index in [-0.39, 0.29) is 0 Å². The van der Waals surface area contributed by atoms with Crippen LogP contribution in [0.1, 0.15) is 0 Å². The molecule has 0 amide bonds. The second-order valence-electron chi connectivity index (χ2n) is 4.14. The summed E-state index contributed by atoms with van der Waals surface area (Å²) in [7, 11) is 0. The number of halogens is 3. The third-order valence-electron chi connectivity index (χ3n) is 2.87. The number of rotatable bonds is 1. The summed E-state index contributed by atoms with van der Waals surface area (Å²) in [5, 5.41) is 2.37. The van der Waals surface area contributed by atoms with Crippen LogP contribution in [-0.2, 0) is 0 Å². The van der Waals surface area contributed by atoms with Gasteiger partial charge in [-0.2, -0.15) is 0 Å². The quantitative estimate of drug-likeness (QED) is 0.548. The largest absolute Gasteiger partial charge is 0.248 e. The molecule has 0 spiro atoms. The van der Waals surface area contributed by atoms with Crippen LogP contribution >= 0.6 is 34.8 Å². The first-order valence-corrected chi connectivity index (χ1v) is 6.79. The minimum absolute atomic E-state index is 0.475. The van der Waals surface area contributed by atoms with Gasteiger partial charge in [-0.05, 0) is 18.2 Å². The van der Waals surface area contributed by atoms with Crippen molar-refractivity contribution in [2.45, 2.75) is 0 Å². The smallest absolute Gasteiger partial charge is 0.0740 e. The molecule has 4 heteroatoms.